The number of thiocarbonyl (C=S) groups is 1. The second-order valence-electron chi connectivity index (χ2n) is 5.75. The lowest BCUT2D eigenvalue weighted by molar-refractivity contribution is -0.119. The van der Waals surface area contributed by atoms with Gasteiger partial charge < -0.3 is 16.0 Å². The highest BCUT2D eigenvalue weighted by molar-refractivity contribution is 7.80. The number of nitrogens with two attached hydrogens (primary N) is 1. The monoisotopic (exact) mass is 305 g/mol. The van der Waals surface area contributed by atoms with Gasteiger partial charge in [0.15, 0.2) is 0 Å². The van der Waals surface area contributed by atoms with E-state index in [0.717, 1.165) is 43.7 Å². The summed E-state index contributed by atoms with van der Waals surface area (Å²) in [5, 5.41) is 2.91. The van der Waals surface area contributed by atoms with Crippen LogP contribution in [0.4, 0.5) is 5.69 Å². The minimum atomic E-state index is 0.0479. The molecular formula is C16H23N3OS. The van der Waals surface area contributed by atoms with Crippen LogP contribution >= 0.6 is 12.2 Å². The standard InChI is InChI=1S/C16H23N3OS/c1-11-3-4-15(14(9-11)16(17)21)19-7-5-13(6-8-19)10-18-12(2)20/h3-4,9,13H,5-8,10H2,1-2H3,(H2,17,21)(H,18,20). The summed E-state index contributed by atoms with van der Waals surface area (Å²) in [6.45, 7) is 6.34. The molecule has 1 heterocycles. The number of piperidine rings is 1. The van der Waals surface area contributed by atoms with E-state index in [4.69, 9.17) is 18.0 Å². The summed E-state index contributed by atoms with van der Waals surface area (Å²) in [6, 6.07) is 6.26. The molecule has 0 aromatic heterocycles. The van der Waals surface area contributed by atoms with Gasteiger partial charge in [-0.3, -0.25) is 4.79 Å². The zero-order valence-electron chi connectivity index (χ0n) is 12.7. The molecule has 0 spiro atoms. The zero-order valence-corrected chi connectivity index (χ0v) is 13.5. The Morgan fingerprint density at radius 2 is 2.10 bits per heavy atom. The van der Waals surface area contributed by atoms with E-state index < -0.39 is 0 Å². The van der Waals surface area contributed by atoms with Crippen LogP contribution in [0.25, 0.3) is 0 Å². The molecule has 2 rings (SSSR count). The van der Waals surface area contributed by atoms with Gasteiger partial charge in [0.1, 0.15) is 4.99 Å². The van der Waals surface area contributed by atoms with Crippen LogP contribution in [-0.4, -0.2) is 30.5 Å². The SMILES string of the molecule is CC(=O)NCC1CCN(c2ccc(C)cc2C(N)=S)CC1. The van der Waals surface area contributed by atoms with E-state index in [1.165, 1.54) is 5.56 Å². The number of aryl methyl sites for hydroxylation is 1. The number of carbonyl (C=O) groups excluding carboxylic acids is 1. The summed E-state index contributed by atoms with van der Waals surface area (Å²) in [5.41, 5.74) is 9.12. The van der Waals surface area contributed by atoms with Crippen molar-refractivity contribution in [2.24, 2.45) is 11.7 Å². The van der Waals surface area contributed by atoms with Crippen molar-refractivity contribution in [3.05, 3.63) is 29.3 Å². The first kappa shape index (κ1) is 15.8. The van der Waals surface area contributed by atoms with Crippen molar-refractivity contribution in [1.82, 2.24) is 5.32 Å². The molecule has 0 aliphatic carbocycles. The largest absolute Gasteiger partial charge is 0.389 e. The van der Waals surface area contributed by atoms with Crippen LogP contribution in [0.5, 0.6) is 0 Å². The van der Waals surface area contributed by atoms with Gasteiger partial charge in [0.25, 0.3) is 0 Å². The fourth-order valence-corrected chi connectivity index (χ4v) is 2.95. The molecule has 0 bridgehead atoms. The zero-order chi connectivity index (χ0) is 15.4. The van der Waals surface area contributed by atoms with Crippen LogP contribution in [0.15, 0.2) is 18.2 Å². The first-order valence-corrected chi connectivity index (χ1v) is 7.78. The quantitative estimate of drug-likeness (QED) is 0.835. The number of nitrogens with one attached hydrogen (secondary N) is 1. The minimum absolute atomic E-state index is 0.0479. The average Bonchev–Trinajstić information content (AvgIpc) is 2.45. The third-order valence-corrected chi connectivity index (χ3v) is 4.23. The van der Waals surface area contributed by atoms with Crippen LogP contribution in [0.1, 0.15) is 30.9 Å². The summed E-state index contributed by atoms with van der Waals surface area (Å²) in [4.78, 5) is 13.8. The summed E-state index contributed by atoms with van der Waals surface area (Å²) in [6.07, 6.45) is 2.15. The fraction of sp³-hybridized carbons (Fsp3) is 0.500. The Balaban J connectivity index is 2.02. The number of nitrogens with zero attached hydrogens (tertiary/aromatic N) is 1. The van der Waals surface area contributed by atoms with Gasteiger partial charge in [0.05, 0.1) is 0 Å². The molecule has 21 heavy (non-hydrogen) atoms. The van der Waals surface area contributed by atoms with Crippen molar-refractivity contribution in [1.29, 1.82) is 0 Å². The van der Waals surface area contributed by atoms with E-state index in [-0.39, 0.29) is 5.91 Å². The number of hydrogen-bond donors (Lipinski definition) is 2. The van der Waals surface area contributed by atoms with E-state index in [9.17, 15) is 4.79 Å². The molecule has 0 radical (unpaired) electrons. The predicted octanol–water partition coefficient (Wildman–Crippen LogP) is 1.98. The lowest BCUT2D eigenvalue weighted by Gasteiger charge is -2.34. The van der Waals surface area contributed by atoms with Gasteiger partial charge in [0, 0.05) is 37.8 Å². The second kappa shape index (κ2) is 6.89. The van der Waals surface area contributed by atoms with Crippen LogP contribution in [0.3, 0.4) is 0 Å². The molecule has 0 unspecified atom stereocenters. The third kappa shape index (κ3) is 4.17. The maximum atomic E-state index is 11.0. The van der Waals surface area contributed by atoms with Gasteiger partial charge in [-0.25, -0.2) is 0 Å². The average molecular weight is 305 g/mol. The molecular weight excluding hydrogens is 282 g/mol. The molecule has 0 saturated carbocycles. The van der Waals surface area contributed by atoms with Crippen molar-refractivity contribution in [2.45, 2.75) is 26.7 Å². The third-order valence-electron chi connectivity index (χ3n) is 4.01. The Labute approximate surface area is 131 Å². The number of rotatable bonds is 4. The van der Waals surface area contributed by atoms with E-state index >= 15 is 0 Å². The Kier molecular flexibility index (Phi) is 5.17. The molecule has 1 aliphatic rings. The number of hydrogen-bond acceptors (Lipinski definition) is 3. The van der Waals surface area contributed by atoms with Crippen molar-refractivity contribution >= 4 is 28.8 Å². The highest BCUT2D eigenvalue weighted by atomic mass is 32.1. The number of anilines is 1. The molecule has 1 fully saturated rings. The van der Waals surface area contributed by atoms with E-state index in [0.29, 0.717) is 10.9 Å². The lowest BCUT2D eigenvalue weighted by Crippen LogP contribution is -2.39. The van der Waals surface area contributed by atoms with Gasteiger partial charge in [-0.1, -0.05) is 23.8 Å². The molecule has 1 aliphatic heterocycles. The van der Waals surface area contributed by atoms with Crippen LogP contribution in [0, 0.1) is 12.8 Å². The first-order chi connectivity index (χ1) is 9.97. The molecule has 3 N–H and O–H groups in total. The van der Waals surface area contributed by atoms with Gasteiger partial charge in [-0.15, -0.1) is 0 Å². The molecule has 1 amide bonds. The lowest BCUT2D eigenvalue weighted by atomic mass is 9.95. The maximum Gasteiger partial charge on any atom is 0.216 e. The summed E-state index contributed by atoms with van der Waals surface area (Å²) >= 11 is 5.18. The van der Waals surface area contributed by atoms with Crippen LogP contribution in [0.2, 0.25) is 0 Å². The summed E-state index contributed by atoms with van der Waals surface area (Å²) in [7, 11) is 0. The molecule has 1 saturated heterocycles. The smallest absolute Gasteiger partial charge is 0.216 e. The maximum absolute atomic E-state index is 11.0. The Morgan fingerprint density at radius 3 is 2.67 bits per heavy atom. The molecule has 4 nitrogen and oxygen atoms in total. The van der Waals surface area contributed by atoms with E-state index in [1.807, 2.05) is 6.92 Å². The van der Waals surface area contributed by atoms with E-state index in [2.05, 4.69) is 28.4 Å². The van der Waals surface area contributed by atoms with Gasteiger partial charge in [0.2, 0.25) is 5.91 Å². The Bertz CT molecular complexity index is 536. The first-order valence-electron chi connectivity index (χ1n) is 7.37. The number of benzene rings is 1. The van der Waals surface area contributed by atoms with Crippen LogP contribution in [-0.2, 0) is 4.79 Å². The van der Waals surface area contributed by atoms with Gasteiger partial charge in [-0.2, -0.15) is 0 Å². The minimum Gasteiger partial charge on any atom is -0.389 e. The topological polar surface area (TPSA) is 58.4 Å². The predicted molar refractivity (Wildman–Crippen MR) is 90.7 cm³/mol. The van der Waals surface area contributed by atoms with Gasteiger partial charge >= 0.3 is 0 Å². The summed E-state index contributed by atoms with van der Waals surface area (Å²) < 4.78 is 0. The normalized spacial score (nSPS) is 15.8. The summed E-state index contributed by atoms with van der Waals surface area (Å²) in [5.74, 6) is 0.607. The molecule has 0 atom stereocenters. The van der Waals surface area contributed by atoms with Crippen LogP contribution < -0.4 is 16.0 Å². The number of carbonyl (C=O) groups is 1. The second-order valence-corrected chi connectivity index (χ2v) is 6.19. The van der Waals surface area contributed by atoms with E-state index in [1.54, 1.807) is 6.92 Å². The molecule has 1 aromatic rings. The van der Waals surface area contributed by atoms with Crippen molar-refractivity contribution < 1.29 is 4.79 Å². The fourth-order valence-electron chi connectivity index (χ4n) is 2.79. The highest BCUT2D eigenvalue weighted by Gasteiger charge is 2.21. The Morgan fingerprint density at radius 1 is 1.43 bits per heavy atom. The van der Waals surface area contributed by atoms with Crippen molar-refractivity contribution in [3.8, 4) is 0 Å². The van der Waals surface area contributed by atoms with Crippen molar-refractivity contribution in [3.63, 3.8) is 0 Å². The molecule has 114 valence electrons. The molecule has 5 heteroatoms. The highest BCUT2D eigenvalue weighted by Crippen LogP contribution is 2.27. The van der Waals surface area contributed by atoms with Crippen molar-refractivity contribution in [2.75, 3.05) is 24.5 Å². The molecule has 1 aromatic carbocycles. The Hall–Kier alpha value is -1.62. The van der Waals surface area contributed by atoms with Gasteiger partial charge in [-0.05, 0) is 37.8 Å². The number of amides is 1.